The molecule has 0 aliphatic carbocycles. The lowest BCUT2D eigenvalue weighted by Crippen LogP contribution is -1.98. The molecular formula is C16H13NO3S. The summed E-state index contributed by atoms with van der Waals surface area (Å²) in [4.78, 5) is 12.3. The van der Waals surface area contributed by atoms with Crippen molar-refractivity contribution in [3.05, 3.63) is 59.9 Å². The highest BCUT2D eigenvalue weighted by molar-refractivity contribution is 7.98. The molecule has 0 atom stereocenters. The third-order valence-electron chi connectivity index (χ3n) is 3.13. The second kappa shape index (κ2) is 5.54. The van der Waals surface area contributed by atoms with Crippen LogP contribution in [0.1, 0.15) is 16.1 Å². The molecule has 0 fully saturated rings. The molecule has 3 rings (SSSR count). The number of anilines is 1. The van der Waals surface area contributed by atoms with Gasteiger partial charge in [-0.25, -0.2) is 4.79 Å². The van der Waals surface area contributed by atoms with E-state index in [-0.39, 0.29) is 5.76 Å². The van der Waals surface area contributed by atoms with E-state index in [1.807, 2.05) is 42.5 Å². The fourth-order valence-corrected chi connectivity index (χ4v) is 3.17. The molecule has 21 heavy (non-hydrogen) atoms. The number of furan rings is 1. The largest absolute Gasteiger partial charge is 0.475 e. The van der Waals surface area contributed by atoms with Crippen molar-refractivity contribution >= 4 is 34.4 Å². The Morgan fingerprint density at radius 2 is 2.00 bits per heavy atom. The second-order valence-corrected chi connectivity index (χ2v) is 5.62. The Morgan fingerprint density at radius 3 is 2.76 bits per heavy atom. The summed E-state index contributed by atoms with van der Waals surface area (Å²) in [5.74, 6) is -0.524. The van der Waals surface area contributed by atoms with Gasteiger partial charge in [0.05, 0.1) is 0 Å². The lowest BCUT2D eigenvalue weighted by Gasteiger charge is -2.02. The van der Waals surface area contributed by atoms with E-state index in [1.165, 1.54) is 11.8 Å². The van der Waals surface area contributed by atoms with E-state index in [0.717, 1.165) is 10.3 Å². The highest BCUT2D eigenvalue weighted by atomic mass is 32.2. The fraction of sp³-hybridized carbons (Fsp3) is 0.0625. The zero-order chi connectivity index (χ0) is 14.8. The van der Waals surface area contributed by atoms with Crippen LogP contribution in [0.3, 0.4) is 0 Å². The maximum absolute atomic E-state index is 11.3. The third kappa shape index (κ3) is 2.73. The Hall–Kier alpha value is -2.40. The first-order valence-electron chi connectivity index (χ1n) is 6.37. The molecule has 0 radical (unpaired) electrons. The predicted octanol–water partition coefficient (Wildman–Crippen LogP) is 4.01. The van der Waals surface area contributed by atoms with Gasteiger partial charge in [-0.1, -0.05) is 24.3 Å². The molecule has 5 heteroatoms. The number of benzene rings is 2. The summed E-state index contributed by atoms with van der Waals surface area (Å²) >= 11 is 1.54. The molecule has 4 nitrogen and oxygen atoms in total. The number of thioether (sulfide) groups is 1. The van der Waals surface area contributed by atoms with Gasteiger partial charge in [-0.3, -0.25) is 0 Å². The van der Waals surface area contributed by atoms with Gasteiger partial charge in [0.2, 0.25) is 5.76 Å². The molecule has 0 aliphatic heterocycles. The average molecular weight is 299 g/mol. The lowest BCUT2D eigenvalue weighted by atomic mass is 10.1. The first-order valence-corrected chi connectivity index (χ1v) is 7.36. The Morgan fingerprint density at radius 1 is 1.19 bits per heavy atom. The summed E-state index contributed by atoms with van der Waals surface area (Å²) in [6.07, 6.45) is 0. The van der Waals surface area contributed by atoms with Crippen LogP contribution in [0.2, 0.25) is 0 Å². The molecule has 3 aromatic rings. The molecule has 1 aromatic heterocycles. The van der Waals surface area contributed by atoms with E-state index >= 15 is 0 Å². The molecule has 3 N–H and O–H groups in total. The topological polar surface area (TPSA) is 76.5 Å². The molecular weight excluding hydrogens is 286 g/mol. The van der Waals surface area contributed by atoms with Gasteiger partial charge in [-0.05, 0) is 24.3 Å². The maximum Gasteiger partial charge on any atom is 0.372 e. The summed E-state index contributed by atoms with van der Waals surface area (Å²) in [5, 5.41) is 10.1. The minimum Gasteiger partial charge on any atom is -0.475 e. The highest BCUT2D eigenvalue weighted by Crippen LogP contribution is 2.32. The van der Waals surface area contributed by atoms with Crippen molar-refractivity contribution in [3.8, 4) is 0 Å². The number of aromatic carboxylic acids is 1. The van der Waals surface area contributed by atoms with Crippen LogP contribution in [-0.4, -0.2) is 11.1 Å². The molecule has 1 heterocycles. The van der Waals surface area contributed by atoms with Crippen LogP contribution >= 0.6 is 11.8 Å². The third-order valence-corrected chi connectivity index (χ3v) is 4.15. The molecule has 0 saturated carbocycles. The first-order chi connectivity index (χ1) is 10.1. The molecule has 0 amide bonds. The zero-order valence-corrected chi connectivity index (χ0v) is 11.9. The van der Waals surface area contributed by atoms with Gasteiger partial charge in [0.15, 0.2) is 0 Å². The number of para-hydroxylation sites is 1. The summed E-state index contributed by atoms with van der Waals surface area (Å²) in [6.45, 7) is 0. The molecule has 2 aromatic carbocycles. The smallest absolute Gasteiger partial charge is 0.372 e. The molecule has 0 unspecified atom stereocenters. The first kappa shape index (κ1) is 13.6. The van der Waals surface area contributed by atoms with Crippen molar-refractivity contribution in [2.45, 2.75) is 10.6 Å². The number of nitrogen functional groups attached to an aromatic ring is 1. The van der Waals surface area contributed by atoms with Gasteiger partial charge < -0.3 is 15.3 Å². The van der Waals surface area contributed by atoms with Gasteiger partial charge in [-0.2, -0.15) is 0 Å². The number of carboxylic acid groups (broad SMARTS) is 1. The number of fused-ring (bicyclic) bond motifs is 1. The number of carbonyl (C=O) groups is 1. The van der Waals surface area contributed by atoms with Gasteiger partial charge in [0, 0.05) is 27.3 Å². The van der Waals surface area contributed by atoms with Gasteiger partial charge in [-0.15, -0.1) is 11.8 Å². The average Bonchev–Trinajstić information content (AvgIpc) is 2.84. The van der Waals surface area contributed by atoms with Crippen LogP contribution in [0.25, 0.3) is 11.0 Å². The van der Waals surface area contributed by atoms with Crippen molar-refractivity contribution in [1.82, 2.24) is 0 Å². The second-order valence-electron chi connectivity index (χ2n) is 4.57. The Bertz CT molecular complexity index is 810. The SMILES string of the molecule is Nc1cccc(SCc2c(C(=O)O)oc3ccccc23)c1. The van der Waals surface area contributed by atoms with Crippen molar-refractivity contribution in [1.29, 1.82) is 0 Å². The summed E-state index contributed by atoms with van der Waals surface area (Å²) < 4.78 is 5.44. The highest BCUT2D eigenvalue weighted by Gasteiger charge is 2.19. The van der Waals surface area contributed by atoms with E-state index in [9.17, 15) is 9.90 Å². The summed E-state index contributed by atoms with van der Waals surface area (Å²) in [5.41, 5.74) is 7.74. The van der Waals surface area contributed by atoms with Crippen molar-refractivity contribution < 1.29 is 14.3 Å². The van der Waals surface area contributed by atoms with E-state index in [4.69, 9.17) is 10.2 Å². The number of hydrogen-bond acceptors (Lipinski definition) is 4. The Balaban J connectivity index is 1.95. The van der Waals surface area contributed by atoms with E-state index in [2.05, 4.69) is 0 Å². The normalized spacial score (nSPS) is 10.9. The molecule has 0 saturated heterocycles. The fourth-order valence-electron chi connectivity index (χ4n) is 2.17. The van der Waals surface area contributed by atoms with Crippen molar-refractivity contribution in [3.63, 3.8) is 0 Å². The lowest BCUT2D eigenvalue weighted by molar-refractivity contribution is 0.0664. The molecule has 0 spiro atoms. The van der Waals surface area contributed by atoms with Crippen LogP contribution in [0.15, 0.2) is 57.8 Å². The Labute approximate surface area is 125 Å². The standard InChI is InChI=1S/C16H13NO3S/c17-10-4-3-5-11(8-10)21-9-13-12-6-1-2-7-14(12)20-15(13)16(18)19/h1-8H,9,17H2,(H,18,19). The summed E-state index contributed by atoms with van der Waals surface area (Å²) in [7, 11) is 0. The predicted molar refractivity (Wildman–Crippen MR) is 83.6 cm³/mol. The van der Waals surface area contributed by atoms with E-state index in [1.54, 1.807) is 6.07 Å². The molecule has 106 valence electrons. The number of nitrogens with two attached hydrogens (primary N) is 1. The van der Waals surface area contributed by atoms with Crippen LogP contribution in [-0.2, 0) is 5.75 Å². The molecule has 0 bridgehead atoms. The van der Waals surface area contributed by atoms with Crippen LogP contribution < -0.4 is 5.73 Å². The van der Waals surface area contributed by atoms with Crippen LogP contribution in [0, 0.1) is 0 Å². The minimum absolute atomic E-state index is 0.00704. The number of carboxylic acids is 1. The monoisotopic (exact) mass is 299 g/mol. The van der Waals surface area contributed by atoms with Crippen molar-refractivity contribution in [2.24, 2.45) is 0 Å². The number of hydrogen-bond donors (Lipinski definition) is 2. The van der Waals surface area contributed by atoms with E-state index in [0.29, 0.717) is 22.6 Å². The maximum atomic E-state index is 11.3. The number of rotatable bonds is 4. The molecule has 0 aliphatic rings. The van der Waals surface area contributed by atoms with Gasteiger partial charge in [0.25, 0.3) is 0 Å². The minimum atomic E-state index is -1.05. The van der Waals surface area contributed by atoms with Crippen LogP contribution in [0.4, 0.5) is 5.69 Å². The zero-order valence-electron chi connectivity index (χ0n) is 11.1. The Kier molecular flexibility index (Phi) is 3.58. The summed E-state index contributed by atoms with van der Waals surface area (Å²) in [6, 6.07) is 14.9. The van der Waals surface area contributed by atoms with E-state index < -0.39 is 5.97 Å². The van der Waals surface area contributed by atoms with Crippen LogP contribution in [0.5, 0.6) is 0 Å². The van der Waals surface area contributed by atoms with Gasteiger partial charge >= 0.3 is 5.97 Å². The van der Waals surface area contributed by atoms with Crippen molar-refractivity contribution in [2.75, 3.05) is 5.73 Å². The quantitative estimate of drug-likeness (QED) is 0.562. The van der Waals surface area contributed by atoms with Gasteiger partial charge in [0.1, 0.15) is 5.58 Å².